The lowest BCUT2D eigenvalue weighted by Gasteiger charge is -2.17. The molecule has 1 aromatic carbocycles. The smallest absolute Gasteiger partial charge is 0.141 e. The van der Waals surface area contributed by atoms with Gasteiger partial charge >= 0.3 is 0 Å². The number of nitrogens with zero attached hydrogens (tertiary/aromatic N) is 5. The first-order valence-corrected chi connectivity index (χ1v) is 7.21. The number of aromatic nitrogens is 5. The molecular weight excluding hydrogens is 309 g/mol. The molecule has 5 nitrogen and oxygen atoms in total. The van der Waals surface area contributed by atoms with Gasteiger partial charge in [-0.1, -0.05) is 23.2 Å². The van der Waals surface area contributed by atoms with Crippen LogP contribution >= 0.6 is 23.2 Å². The van der Waals surface area contributed by atoms with Gasteiger partial charge in [-0.05, 0) is 25.1 Å². The molecule has 0 radical (unpaired) electrons. The minimum Gasteiger partial charge on any atom is -0.326 e. The zero-order chi connectivity index (χ0) is 14.8. The Balaban J connectivity index is 1.93. The van der Waals surface area contributed by atoms with Gasteiger partial charge in [-0.3, -0.25) is 4.68 Å². The summed E-state index contributed by atoms with van der Waals surface area (Å²) in [6, 6.07) is 5.57. The Hall–Kier alpha value is -1.85. The predicted octanol–water partition coefficient (Wildman–Crippen LogP) is 3.71. The molecule has 0 saturated carbocycles. The molecule has 0 amide bonds. The van der Waals surface area contributed by atoms with Gasteiger partial charge in [0.1, 0.15) is 18.5 Å². The number of imidazole rings is 1. The zero-order valence-corrected chi connectivity index (χ0v) is 12.8. The van der Waals surface area contributed by atoms with Crippen LogP contribution in [-0.4, -0.2) is 24.3 Å². The molecule has 0 unspecified atom stereocenters. The number of hydrogen-bond donors (Lipinski definition) is 0. The maximum atomic E-state index is 6.28. The van der Waals surface area contributed by atoms with Crippen LogP contribution in [0.1, 0.15) is 13.0 Å². The molecular formula is C14H13Cl2N5. The van der Waals surface area contributed by atoms with Crippen LogP contribution in [0, 0.1) is 0 Å². The molecule has 0 aliphatic heterocycles. The molecule has 0 bridgehead atoms. The normalized spacial score (nSPS) is 12.5. The first-order valence-electron chi connectivity index (χ1n) is 6.46. The van der Waals surface area contributed by atoms with Crippen LogP contribution in [0.25, 0.3) is 11.4 Å². The maximum Gasteiger partial charge on any atom is 0.141 e. The van der Waals surface area contributed by atoms with Gasteiger partial charge in [0.15, 0.2) is 0 Å². The minimum absolute atomic E-state index is 0.163. The van der Waals surface area contributed by atoms with Gasteiger partial charge in [0.25, 0.3) is 0 Å². The largest absolute Gasteiger partial charge is 0.326 e. The SMILES string of the molecule is C[C@H](Cn1cncn1)n1ccnc1-c1ccc(Cl)cc1Cl. The van der Waals surface area contributed by atoms with Gasteiger partial charge in [0.05, 0.1) is 17.6 Å². The quantitative estimate of drug-likeness (QED) is 0.736. The molecule has 108 valence electrons. The van der Waals surface area contributed by atoms with Crippen molar-refractivity contribution in [3.63, 3.8) is 0 Å². The Morgan fingerprint density at radius 1 is 1.29 bits per heavy atom. The average Bonchev–Trinajstić information content (AvgIpc) is 3.09. The van der Waals surface area contributed by atoms with Crippen LogP contribution in [0.15, 0.2) is 43.2 Å². The summed E-state index contributed by atoms with van der Waals surface area (Å²) in [6.07, 6.45) is 6.92. The van der Waals surface area contributed by atoms with Crippen LogP contribution in [0.4, 0.5) is 0 Å². The molecule has 0 N–H and O–H groups in total. The van der Waals surface area contributed by atoms with E-state index in [1.54, 1.807) is 23.3 Å². The van der Waals surface area contributed by atoms with Gasteiger partial charge in [-0.2, -0.15) is 5.10 Å². The maximum absolute atomic E-state index is 6.28. The minimum atomic E-state index is 0.163. The van der Waals surface area contributed by atoms with Crippen molar-refractivity contribution in [3.8, 4) is 11.4 Å². The van der Waals surface area contributed by atoms with Crippen molar-refractivity contribution >= 4 is 23.2 Å². The fraction of sp³-hybridized carbons (Fsp3) is 0.214. The molecule has 1 atom stereocenters. The van der Waals surface area contributed by atoms with Crippen molar-refractivity contribution in [2.24, 2.45) is 0 Å². The van der Waals surface area contributed by atoms with Gasteiger partial charge in [0.2, 0.25) is 0 Å². The summed E-state index contributed by atoms with van der Waals surface area (Å²) < 4.78 is 3.86. The molecule has 3 aromatic rings. The molecule has 3 rings (SSSR count). The Morgan fingerprint density at radius 3 is 2.86 bits per heavy atom. The Labute approximate surface area is 132 Å². The molecule has 0 fully saturated rings. The second-order valence-electron chi connectivity index (χ2n) is 4.75. The van der Waals surface area contributed by atoms with E-state index in [4.69, 9.17) is 23.2 Å². The molecule has 0 spiro atoms. The Bertz CT molecular complexity index is 736. The predicted molar refractivity (Wildman–Crippen MR) is 82.4 cm³/mol. The standard InChI is InChI=1S/C14H13Cl2N5/c1-10(7-20-9-17-8-19-20)21-5-4-18-14(21)12-3-2-11(15)6-13(12)16/h2-6,8-10H,7H2,1H3/t10-/m1/s1. The van der Waals surface area contributed by atoms with E-state index in [-0.39, 0.29) is 6.04 Å². The highest BCUT2D eigenvalue weighted by atomic mass is 35.5. The van der Waals surface area contributed by atoms with E-state index >= 15 is 0 Å². The molecule has 21 heavy (non-hydrogen) atoms. The van der Waals surface area contributed by atoms with Crippen molar-refractivity contribution in [2.45, 2.75) is 19.5 Å². The Morgan fingerprint density at radius 2 is 2.14 bits per heavy atom. The number of halogens is 2. The molecule has 0 aliphatic rings. The van der Waals surface area contributed by atoms with Gasteiger partial charge in [-0.15, -0.1) is 0 Å². The van der Waals surface area contributed by atoms with Crippen molar-refractivity contribution in [3.05, 3.63) is 53.3 Å². The summed E-state index contributed by atoms with van der Waals surface area (Å²) in [7, 11) is 0. The van der Waals surface area contributed by atoms with Crippen LogP contribution in [0.2, 0.25) is 10.0 Å². The Kier molecular flexibility index (Phi) is 3.94. The zero-order valence-electron chi connectivity index (χ0n) is 11.3. The van der Waals surface area contributed by atoms with E-state index in [1.807, 2.05) is 18.3 Å². The average molecular weight is 322 g/mol. The number of benzene rings is 1. The molecule has 0 aliphatic carbocycles. The van der Waals surface area contributed by atoms with E-state index in [0.717, 1.165) is 11.4 Å². The van der Waals surface area contributed by atoms with E-state index in [0.29, 0.717) is 16.6 Å². The van der Waals surface area contributed by atoms with E-state index in [9.17, 15) is 0 Å². The van der Waals surface area contributed by atoms with Crippen molar-refractivity contribution < 1.29 is 0 Å². The monoisotopic (exact) mass is 321 g/mol. The third-order valence-corrected chi connectivity index (χ3v) is 3.78. The fourth-order valence-electron chi connectivity index (χ4n) is 2.23. The lowest BCUT2D eigenvalue weighted by molar-refractivity contribution is 0.439. The number of hydrogen-bond acceptors (Lipinski definition) is 3. The number of rotatable bonds is 4. The highest BCUT2D eigenvalue weighted by Gasteiger charge is 2.15. The molecule has 2 aromatic heterocycles. The van der Waals surface area contributed by atoms with Crippen LogP contribution in [0.3, 0.4) is 0 Å². The van der Waals surface area contributed by atoms with Crippen LogP contribution < -0.4 is 0 Å². The lowest BCUT2D eigenvalue weighted by Crippen LogP contribution is -2.14. The van der Waals surface area contributed by atoms with Crippen LogP contribution in [0.5, 0.6) is 0 Å². The van der Waals surface area contributed by atoms with E-state index in [1.165, 1.54) is 6.33 Å². The first kappa shape index (κ1) is 14.1. The van der Waals surface area contributed by atoms with E-state index < -0.39 is 0 Å². The lowest BCUT2D eigenvalue weighted by atomic mass is 10.2. The van der Waals surface area contributed by atoms with Crippen molar-refractivity contribution in [2.75, 3.05) is 0 Å². The molecule has 7 heteroatoms. The summed E-state index contributed by atoms with van der Waals surface area (Å²) >= 11 is 12.2. The van der Waals surface area contributed by atoms with Crippen molar-refractivity contribution in [1.82, 2.24) is 24.3 Å². The van der Waals surface area contributed by atoms with Gasteiger partial charge in [0, 0.05) is 23.0 Å². The summed E-state index contributed by atoms with van der Waals surface area (Å²) in [5.41, 5.74) is 0.858. The third kappa shape index (κ3) is 2.94. The highest BCUT2D eigenvalue weighted by Crippen LogP contribution is 2.30. The third-order valence-electron chi connectivity index (χ3n) is 3.23. The van der Waals surface area contributed by atoms with Crippen LogP contribution in [-0.2, 0) is 6.54 Å². The summed E-state index contributed by atoms with van der Waals surface area (Å²) in [5, 5.41) is 5.32. The molecule has 0 saturated heterocycles. The van der Waals surface area contributed by atoms with Gasteiger partial charge in [-0.25, -0.2) is 9.97 Å². The van der Waals surface area contributed by atoms with Gasteiger partial charge < -0.3 is 4.57 Å². The summed E-state index contributed by atoms with van der Waals surface area (Å²) in [5.74, 6) is 0.810. The highest BCUT2D eigenvalue weighted by molar-refractivity contribution is 6.36. The topological polar surface area (TPSA) is 48.5 Å². The first-order chi connectivity index (χ1) is 10.1. The van der Waals surface area contributed by atoms with Crippen molar-refractivity contribution in [1.29, 1.82) is 0 Å². The van der Waals surface area contributed by atoms with E-state index in [2.05, 4.69) is 26.6 Å². The second kappa shape index (κ2) is 5.87. The summed E-state index contributed by atoms with van der Waals surface area (Å²) in [6.45, 7) is 2.80. The second-order valence-corrected chi connectivity index (χ2v) is 5.59. The summed E-state index contributed by atoms with van der Waals surface area (Å²) in [4.78, 5) is 8.37. The molecule has 2 heterocycles. The fourth-order valence-corrected chi connectivity index (χ4v) is 2.73.